The Balaban J connectivity index is 3.07. The van der Waals surface area contributed by atoms with Crippen LogP contribution in [-0.4, -0.2) is 12.9 Å². The maximum atomic E-state index is 12.1. The summed E-state index contributed by atoms with van der Waals surface area (Å²) in [5, 5.41) is 0. The molecule has 0 saturated carbocycles. The predicted octanol–water partition coefficient (Wildman–Crippen LogP) is 2.31. The molecule has 0 radical (unpaired) electrons. The lowest BCUT2D eigenvalue weighted by Crippen LogP contribution is -2.24. The summed E-state index contributed by atoms with van der Waals surface area (Å²) in [4.78, 5) is 0. The lowest BCUT2D eigenvalue weighted by molar-refractivity contribution is -0.275. The van der Waals surface area contributed by atoms with Crippen molar-refractivity contribution in [1.29, 1.82) is 0 Å². The minimum absolute atomic E-state index is 0.0324. The first-order valence-corrected chi connectivity index (χ1v) is 5.13. The Bertz CT molecular complexity index is 370. The van der Waals surface area contributed by atoms with E-state index in [1.165, 1.54) is 18.2 Å². The first-order valence-electron chi connectivity index (χ1n) is 4.34. The van der Waals surface area contributed by atoms with E-state index in [0.29, 0.717) is 4.47 Å². The van der Waals surface area contributed by atoms with Crippen molar-refractivity contribution in [1.82, 2.24) is 0 Å². The van der Waals surface area contributed by atoms with Gasteiger partial charge in [-0.05, 0) is 18.2 Å². The lowest BCUT2D eigenvalue weighted by atomic mass is 10.1. The molecule has 0 aliphatic carbocycles. The zero-order valence-electron chi connectivity index (χ0n) is 8.09. The number of benzene rings is 1. The van der Waals surface area contributed by atoms with E-state index in [1.54, 1.807) is 0 Å². The first-order chi connectivity index (χ1) is 7.33. The van der Waals surface area contributed by atoms with Gasteiger partial charge in [0.05, 0.1) is 0 Å². The van der Waals surface area contributed by atoms with Gasteiger partial charge in [0.25, 0.3) is 0 Å². The molecule has 1 aromatic carbocycles. The summed E-state index contributed by atoms with van der Waals surface area (Å²) >= 11 is 3.14. The zero-order chi connectivity index (χ0) is 12.3. The van der Waals surface area contributed by atoms with E-state index in [2.05, 4.69) is 20.7 Å². The minimum atomic E-state index is -4.74. The normalized spacial score (nSPS) is 13.6. The van der Waals surface area contributed by atoms with Crippen LogP contribution < -0.4 is 16.2 Å². The monoisotopic (exact) mass is 298 g/mol. The summed E-state index contributed by atoms with van der Waals surface area (Å²) in [6, 6.07) is 3.39. The molecule has 0 saturated heterocycles. The van der Waals surface area contributed by atoms with E-state index < -0.39 is 12.4 Å². The van der Waals surface area contributed by atoms with Gasteiger partial charge in [-0.3, -0.25) is 0 Å². The van der Waals surface area contributed by atoms with E-state index in [0.717, 1.165) is 0 Å². The second kappa shape index (κ2) is 5.03. The molecule has 1 atom stereocenters. The van der Waals surface area contributed by atoms with E-state index in [1.807, 2.05) is 0 Å². The van der Waals surface area contributed by atoms with Crippen LogP contribution in [0.1, 0.15) is 11.6 Å². The van der Waals surface area contributed by atoms with Crippen LogP contribution in [0.15, 0.2) is 22.7 Å². The van der Waals surface area contributed by atoms with Crippen LogP contribution >= 0.6 is 15.9 Å². The molecule has 1 rings (SSSR count). The number of alkyl halides is 3. The molecule has 0 amide bonds. The van der Waals surface area contributed by atoms with Crippen molar-refractivity contribution < 1.29 is 17.9 Å². The standard InChI is InChI=1S/C9H10BrF3N2O/c10-5-1-2-8(16-9(11,12)13)6(3-5)7(15)4-14/h1-3,7H,4,14-15H2/t7-/m0/s1. The summed E-state index contributed by atoms with van der Waals surface area (Å²) in [5.41, 5.74) is 11.1. The number of nitrogens with two attached hydrogens (primary N) is 2. The number of halogens is 4. The molecule has 0 aliphatic rings. The van der Waals surface area contributed by atoms with Crippen LogP contribution in [0.5, 0.6) is 5.75 Å². The van der Waals surface area contributed by atoms with Gasteiger partial charge in [0.15, 0.2) is 0 Å². The second-order valence-corrected chi connectivity index (χ2v) is 3.99. The van der Waals surface area contributed by atoms with Gasteiger partial charge in [0.2, 0.25) is 0 Å². The zero-order valence-corrected chi connectivity index (χ0v) is 9.68. The fraction of sp³-hybridized carbons (Fsp3) is 0.333. The fourth-order valence-corrected chi connectivity index (χ4v) is 1.53. The van der Waals surface area contributed by atoms with Crippen LogP contribution in [0.4, 0.5) is 13.2 Å². The molecular formula is C9H10BrF3N2O. The van der Waals surface area contributed by atoms with Gasteiger partial charge in [-0.1, -0.05) is 15.9 Å². The van der Waals surface area contributed by atoms with Crippen LogP contribution in [0, 0.1) is 0 Å². The van der Waals surface area contributed by atoms with Gasteiger partial charge in [0, 0.05) is 22.6 Å². The summed E-state index contributed by atoms with van der Waals surface area (Å²) in [6.07, 6.45) is -4.74. The third-order valence-corrected chi connectivity index (χ3v) is 2.34. The van der Waals surface area contributed by atoms with Gasteiger partial charge in [-0.15, -0.1) is 13.2 Å². The third kappa shape index (κ3) is 3.66. The SMILES string of the molecule is NC[C@H](N)c1cc(Br)ccc1OC(F)(F)F. The Morgan fingerprint density at radius 2 is 2.00 bits per heavy atom. The highest BCUT2D eigenvalue weighted by atomic mass is 79.9. The number of hydrogen-bond acceptors (Lipinski definition) is 3. The topological polar surface area (TPSA) is 61.3 Å². The smallest absolute Gasteiger partial charge is 0.405 e. The molecule has 7 heteroatoms. The molecule has 4 N–H and O–H groups in total. The van der Waals surface area contributed by atoms with Crippen molar-refractivity contribution in [3.05, 3.63) is 28.2 Å². The van der Waals surface area contributed by atoms with E-state index in [9.17, 15) is 13.2 Å². The quantitative estimate of drug-likeness (QED) is 0.900. The van der Waals surface area contributed by atoms with Crippen molar-refractivity contribution in [2.24, 2.45) is 11.5 Å². The molecule has 1 aromatic rings. The summed E-state index contributed by atoms with van der Waals surface area (Å²) in [7, 11) is 0. The molecule has 0 unspecified atom stereocenters. The summed E-state index contributed by atoms with van der Waals surface area (Å²) in [5.74, 6) is -0.325. The largest absolute Gasteiger partial charge is 0.573 e. The highest BCUT2D eigenvalue weighted by Crippen LogP contribution is 2.31. The van der Waals surface area contributed by atoms with Crippen LogP contribution in [0.2, 0.25) is 0 Å². The van der Waals surface area contributed by atoms with Crippen molar-refractivity contribution in [3.63, 3.8) is 0 Å². The highest BCUT2D eigenvalue weighted by molar-refractivity contribution is 9.10. The molecule has 3 nitrogen and oxygen atoms in total. The second-order valence-electron chi connectivity index (χ2n) is 3.07. The van der Waals surface area contributed by atoms with Gasteiger partial charge in [0.1, 0.15) is 5.75 Å². The molecule has 0 heterocycles. The van der Waals surface area contributed by atoms with E-state index in [4.69, 9.17) is 11.5 Å². The van der Waals surface area contributed by atoms with Crippen molar-refractivity contribution in [3.8, 4) is 5.75 Å². The van der Waals surface area contributed by atoms with Gasteiger partial charge < -0.3 is 16.2 Å². The minimum Gasteiger partial charge on any atom is -0.405 e. The van der Waals surface area contributed by atoms with Crippen molar-refractivity contribution >= 4 is 15.9 Å². The molecule has 0 aliphatic heterocycles. The van der Waals surface area contributed by atoms with Crippen molar-refractivity contribution in [2.45, 2.75) is 12.4 Å². The Labute approximate surface area is 98.7 Å². The summed E-state index contributed by atoms with van der Waals surface area (Å²) in [6.45, 7) is 0.0324. The third-order valence-electron chi connectivity index (χ3n) is 1.85. The van der Waals surface area contributed by atoms with E-state index >= 15 is 0 Å². The van der Waals surface area contributed by atoms with Crippen LogP contribution in [0.3, 0.4) is 0 Å². The average Bonchev–Trinajstić information content (AvgIpc) is 2.17. The van der Waals surface area contributed by atoms with Gasteiger partial charge in [-0.25, -0.2) is 0 Å². The number of ether oxygens (including phenoxy) is 1. The average molecular weight is 299 g/mol. The van der Waals surface area contributed by atoms with E-state index in [-0.39, 0.29) is 17.9 Å². The Kier molecular flexibility index (Phi) is 4.17. The predicted molar refractivity (Wildman–Crippen MR) is 56.8 cm³/mol. The molecule has 0 spiro atoms. The maximum absolute atomic E-state index is 12.1. The van der Waals surface area contributed by atoms with Gasteiger partial charge >= 0.3 is 6.36 Å². The first kappa shape index (κ1) is 13.3. The highest BCUT2D eigenvalue weighted by Gasteiger charge is 2.32. The number of rotatable bonds is 3. The maximum Gasteiger partial charge on any atom is 0.573 e. The molecule has 16 heavy (non-hydrogen) atoms. The molecule has 0 fully saturated rings. The van der Waals surface area contributed by atoms with Crippen LogP contribution in [-0.2, 0) is 0 Å². The molecule has 90 valence electrons. The van der Waals surface area contributed by atoms with Crippen molar-refractivity contribution in [2.75, 3.05) is 6.54 Å². The fourth-order valence-electron chi connectivity index (χ4n) is 1.15. The Hall–Kier alpha value is -0.790. The Morgan fingerprint density at radius 3 is 2.50 bits per heavy atom. The summed E-state index contributed by atoms with van der Waals surface area (Å²) < 4.78 is 40.7. The van der Waals surface area contributed by atoms with Crippen LogP contribution in [0.25, 0.3) is 0 Å². The Morgan fingerprint density at radius 1 is 1.38 bits per heavy atom. The number of hydrogen-bond donors (Lipinski definition) is 2. The molecule has 0 bridgehead atoms. The molecular weight excluding hydrogens is 289 g/mol. The molecule has 0 aromatic heterocycles. The van der Waals surface area contributed by atoms with Gasteiger partial charge in [-0.2, -0.15) is 0 Å². The lowest BCUT2D eigenvalue weighted by Gasteiger charge is -2.17.